The van der Waals surface area contributed by atoms with Gasteiger partial charge in [0, 0.05) is 13.4 Å². The summed E-state index contributed by atoms with van der Waals surface area (Å²) >= 11 is 13.5. The second-order valence-electron chi connectivity index (χ2n) is 3.41. The molecule has 2 aromatic rings. The van der Waals surface area contributed by atoms with Crippen molar-refractivity contribution >= 4 is 63.7 Å². The highest BCUT2D eigenvalue weighted by molar-refractivity contribution is 9.13. The van der Waals surface area contributed by atoms with E-state index in [2.05, 4.69) is 63.7 Å². The van der Waals surface area contributed by atoms with E-state index in [0.717, 1.165) is 17.9 Å². The predicted molar refractivity (Wildman–Crippen MR) is 85.4 cm³/mol. The van der Waals surface area contributed by atoms with Gasteiger partial charge >= 0.3 is 0 Å². The zero-order valence-electron chi connectivity index (χ0n) is 8.75. The summed E-state index contributed by atoms with van der Waals surface area (Å²) in [7, 11) is 0. The van der Waals surface area contributed by atoms with Crippen molar-refractivity contribution in [3.05, 3.63) is 48.2 Å². The number of phenols is 1. The van der Waals surface area contributed by atoms with Gasteiger partial charge in [-0.3, -0.25) is 0 Å². The van der Waals surface area contributed by atoms with Crippen LogP contribution < -0.4 is 4.74 Å². The third-order valence-corrected chi connectivity index (χ3v) is 5.07. The van der Waals surface area contributed by atoms with Crippen LogP contribution in [-0.2, 0) is 0 Å². The Morgan fingerprint density at radius 2 is 1.44 bits per heavy atom. The molecule has 0 aliphatic carbocycles. The zero-order valence-corrected chi connectivity index (χ0v) is 15.1. The normalized spacial score (nSPS) is 10.4. The number of hydrogen-bond donors (Lipinski definition) is 1. The van der Waals surface area contributed by atoms with Crippen LogP contribution in [0.2, 0.25) is 0 Å². The average Bonchev–Trinajstić information content (AvgIpc) is 2.29. The molecule has 2 rings (SSSR count). The first-order valence-corrected chi connectivity index (χ1v) is 7.95. The van der Waals surface area contributed by atoms with Crippen LogP contribution in [0.3, 0.4) is 0 Å². The van der Waals surface area contributed by atoms with Crippen molar-refractivity contribution in [1.82, 2.24) is 0 Å². The van der Waals surface area contributed by atoms with E-state index < -0.39 is 0 Å². The Bertz CT molecular complexity index is 599. The molecule has 0 unspecified atom stereocenters. The van der Waals surface area contributed by atoms with Crippen LogP contribution in [0.1, 0.15) is 0 Å². The first kappa shape index (κ1) is 14.4. The minimum Gasteiger partial charge on any atom is -0.504 e. The molecule has 0 bridgehead atoms. The van der Waals surface area contributed by atoms with Gasteiger partial charge in [-0.2, -0.15) is 0 Å². The van der Waals surface area contributed by atoms with E-state index in [1.54, 1.807) is 12.1 Å². The van der Waals surface area contributed by atoms with Gasteiger partial charge in [-0.15, -0.1) is 0 Å². The van der Waals surface area contributed by atoms with E-state index in [1.807, 2.05) is 18.2 Å². The lowest BCUT2D eigenvalue weighted by Gasteiger charge is -2.10. The van der Waals surface area contributed by atoms with Crippen molar-refractivity contribution in [2.45, 2.75) is 0 Å². The van der Waals surface area contributed by atoms with Gasteiger partial charge in [-0.1, -0.05) is 15.9 Å². The number of benzene rings is 2. The quantitative estimate of drug-likeness (QED) is 0.528. The van der Waals surface area contributed by atoms with Crippen LogP contribution in [0.4, 0.5) is 0 Å². The van der Waals surface area contributed by atoms with Crippen LogP contribution in [0.5, 0.6) is 17.2 Å². The van der Waals surface area contributed by atoms with Crippen LogP contribution in [-0.4, -0.2) is 5.11 Å². The summed E-state index contributed by atoms with van der Waals surface area (Å²) in [6.45, 7) is 0. The lowest BCUT2D eigenvalue weighted by atomic mass is 10.3. The minimum absolute atomic E-state index is 0.0693. The van der Waals surface area contributed by atoms with E-state index in [-0.39, 0.29) is 5.75 Å². The Morgan fingerprint density at radius 1 is 0.778 bits per heavy atom. The Hall–Kier alpha value is -0.0400. The lowest BCUT2D eigenvalue weighted by molar-refractivity contribution is 0.409. The first-order chi connectivity index (χ1) is 8.47. The predicted octanol–water partition coefficient (Wildman–Crippen LogP) is 6.23. The molecule has 0 aliphatic rings. The van der Waals surface area contributed by atoms with Gasteiger partial charge in [0.1, 0.15) is 5.75 Å². The van der Waals surface area contributed by atoms with Crippen LogP contribution >= 0.6 is 63.7 Å². The molecule has 0 amide bonds. The summed E-state index contributed by atoms with van der Waals surface area (Å²) < 4.78 is 8.99. The number of rotatable bonds is 2. The number of halogens is 4. The molecule has 0 atom stereocenters. The first-order valence-electron chi connectivity index (χ1n) is 4.78. The standard InChI is InChI=1S/C12H6Br4O2/c13-6-1-2-11(9(16)3-6)18-12-5-8(15)7(14)4-10(12)17/h1-5,17H. The molecule has 6 heteroatoms. The maximum absolute atomic E-state index is 9.82. The second kappa shape index (κ2) is 5.94. The molecule has 0 heterocycles. The Morgan fingerprint density at radius 3 is 2.11 bits per heavy atom. The molecular formula is C12H6Br4O2. The molecule has 0 fully saturated rings. The Balaban J connectivity index is 2.37. The van der Waals surface area contributed by atoms with Gasteiger partial charge in [-0.05, 0) is 78.1 Å². The average molecular weight is 502 g/mol. The van der Waals surface area contributed by atoms with Gasteiger partial charge in [0.05, 0.1) is 4.47 Å². The number of phenolic OH excluding ortho intramolecular Hbond substituents is 1. The van der Waals surface area contributed by atoms with E-state index in [0.29, 0.717) is 11.5 Å². The molecule has 0 spiro atoms. The highest BCUT2D eigenvalue weighted by atomic mass is 79.9. The molecule has 94 valence electrons. The molecule has 0 aliphatic heterocycles. The van der Waals surface area contributed by atoms with Crippen molar-refractivity contribution in [3.63, 3.8) is 0 Å². The largest absolute Gasteiger partial charge is 0.504 e. The fourth-order valence-corrected chi connectivity index (χ4v) is 3.06. The van der Waals surface area contributed by atoms with E-state index in [9.17, 15) is 5.11 Å². The molecule has 0 aromatic heterocycles. The summed E-state index contributed by atoms with van der Waals surface area (Å²) in [5.41, 5.74) is 0. The zero-order chi connectivity index (χ0) is 13.3. The topological polar surface area (TPSA) is 29.5 Å². The molecule has 2 nitrogen and oxygen atoms in total. The van der Waals surface area contributed by atoms with Gasteiger partial charge in [-0.25, -0.2) is 0 Å². The molecular weight excluding hydrogens is 496 g/mol. The van der Waals surface area contributed by atoms with Gasteiger partial charge in [0.25, 0.3) is 0 Å². The molecule has 0 saturated carbocycles. The summed E-state index contributed by atoms with van der Waals surface area (Å²) in [6, 6.07) is 8.83. The lowest BCUT2D eigenvalue weighted by Crippen LogP contribution is -1.87. The van der Waals surface area contributed by atoms with E-state index >= 15 is 0 Å². The fraction of sp³-hybridized carbons (Fsp3) is 0. The van der Waals surface area contributed by atoms with Crippen LogP contribution in [0.15, 0.2) is 48.2 Å². The smallest absolute Gasteiger partial charge is 0.170 e. The van der Waals surface area contributed by atoms with Gasteiger partial charge < -0.3 is 9.84 Å². The Kier molecular flexibility index (Phi) is 4.75. The van der Waals surface area contributed by atoms with Crippen LogP contribution in [0.25, 0.3) is 0 Å². The van der Waals surface area contributed by atoms with Crippen molar-refractivity contribution in [2.24, 2.45) is 0 Å². The monoisotopic (exact) mass is 498 g/mol. The molecule has 0 saturated heterocycles. The molecule has 18 heavy (non-hydrogen) atoms. The summed E-state index contributed by atoms with van der Waals surface area (Å²) in [4.78, 5) is 0. The SMILES string of the molecule is Oc1cc(Br)c(Br)cc1Oc1ccc(Br)cc1Br. The summed E-state index contributed by atoms with van der Waals surface area (Å²) in [5.74, 6) is 1.08. The molecule has 0 radical (unpaired) electrons. The van der Waals surface area contributed by atoms with Crippen molar-refractivity contribution in [1.29, 1.82) is 0 Å². The highest BCUT2D eigenvalue weighted by Gasteiger charge is 2.10. The molecule has 1 N–H and O–H groups in total. The number of aromatic hydroxyl groups is 1. The van der Waals surface area contributed by atoms with Crippen molar-refractivity contribution < 1.29 is 9.84 Å². The van der Waals surface area contributed by atoms with E-state index in [4.69, 9.17) is 4.74 Å². The maximum Gasteiger partial charge on any atom is 0.170 e. The van der Waals surface area contributed by atoms with Crippen molar-refractivity contribution in [3.8, 4) is 17.2 Å². The van der Waals surface area contributed by atoms with Gasteiger partial charge in [0.2, 0.25) is 0 Å². The third-order valence-electron chi connectivity index (χ3n) is 2.12. The Labute approximate surface area is 138 Å². The highest BCUT2D eigenvalue weighted by Crippen LogP contribution is 2.40. The molecule has 2 aromatic carbocycles. The summed E-state index contributed by atoms with van der Waals surface area (Å²) in [6.07, 6.45) is 0. The maximum atomic E-state index is 9.82. The minimum atomic E-state index is 0.0693. The van der Waals surface area contributed by atoms with Crippen LogP contribution in [0, 0.1) is 0 Å². The number of ether oxygens (including phenoxy) is 1. The second-order valence-corrected chi connectivity index (χ2v) is 6.89. The van der Waals surface area contributed by atoms with Crippen molar-refractivity contribution in [2.75, 3.05) is 0 Å². The third kappa shape index (κ3) is 3.29. The fourth-order valence-electron chi connectivity index (χ4n) is 1.28. The van der Waals surface area contributed by atoms with Gasteiger partial charge in [0.15, 0.2) is 11.5 Å². The number of hydrogen-bond acceptors (Lipinski definition) is 2. The summed E-state index contributed by atoms with van der Waals surface area (Å²) in [5, 5.41) is 9.82. The van der Waals surface area contributed by atoms with E-state index in [1.165, 1.54) is 0 Å².